The normalized spacial score (nSPS) is 10.2. The molecule has 88 valence electrons. The molecule has 7 heteroatoms. The molecule has 0 atom stereocenters. The molecule has 2 heterocycles. The summed E-state index contributed by atoms with van der Waals surface area (Å²) < 4.78 is 0. The standard InChI is InChI=1S/C10H11N5O2/c1-5-3-11-9(13-7(5)16)15-10-12-4-6(2)8(17)14-10/h3-4H,1-2H3,(H3,11,12,13,14,15,16,17). The first-order valence-electron chi connectivity index (χ1n) is 4.95. The van der Waals surface area contributed by atoms with Crippen LogP contribution < -0.4 is 16.4 Å². The van der Waals surface area contributed by atoms with Gasteiger partial charge in [-0.05, 0) is 13.8 Å². The summed E-state index contributed by atoms with van der Waals surface area (Å²) in [5, 5.41) is 2.71. The van der Waals surface area contributed by atoms with Gasteiger partial charge in [0.2, 0.25) is 11.9 Å². The van der Waals surface area contributed by atoms with E-state index in [0.717, 1.165) is 0 Å². The molecule has 0 saturated carbocycles. The Morgan fingerprint density at radius 2 is 1.35 bits per heavy atom. The molecule has 0 fully saturated rings. The maximum atomic E-state index is 11.3. The zero-order chi connectivity index (χ0) is 12.4. The van der Waals surface area contributed by atoms with Crippen LogP contribution in [0.15, 0.2) is 22.0 Å². The molecule has 2 aromatic rings. The van der Waals surface area contributed by atoms with E-state index in [4.69, 9.17) is 0 Å². The zero-order valence-corrected chi connectivity index (χ0v) is 9.37. The molecule has 0 amide bonds. The van der Waals surface area contributed by atoms with E-state index < -0.39 is 0 Å². The second-order valence-electron chi connectivity index (χ2n) is 3.61. The second kappa shape index (κ2) is 4.20. The van der Waals surface area contributed by atoms with Crippen LogP contribution in [0.5, 0.6) is 0 Å². The largest absolute Gasteiger partial charge is 0.296 e. The zero-order valence-electron chi connectivity index (χ0n) is 9.37. The number of hydrogen-bond donors (Lipinski definition) is 3. The number of rotatable bonds is 2. The molecule has 0 spiro atoms. The topological polar surface area (TPSA) is 104 Å². The summed E-state index contributed by atoms with van der Waals surface area (Å²) in [7, 11) is 0. The van der Waals surface area contributed by atoms with Crippen LogP contribution in [0.2, 0.25) is 0 Å². The molecule has 0 bridgehead atoms. The molecule has 0 aromatic carbocycles. The van der Waals surface area contributed by atoms with Crippen LogP contribution in [0.4, 0.5) is 11.9 Å². The number of nitrogens with one attached hydrogen (secondary N) is 3. The first-order valence-corrected chi connectivity index (χ1v) is 4.95. The van der Waals surface area contributed by atoms with E-state index in [-0.39, 0.29) is 23.0 Å². The van der Waals surface area contributed by atoms with E-state index in [2.05, 4.69) is 25.3 Å². The van der Waals surface area contributed by atoms with Crippen molar-refractivity contribution in [3.63, 3.8) is 0 Å². The van der Waals surface area contributed by atoms with Gasteiger partial charge in [-0.15, -0.1) is 0 Å². The van der Waals surface area contributed by atoms with Gasteiger partial charge >= 0.3 is 0 Å². The van der Waals surface area contributed by atoms with E-state index in [1.54, 1.807) is 13.8 Å². The van der Waals surface area contributed by atoms with Crippen molar-refractivity contribution < 1.29 is 0 Å². The van der Waals surface area contributed by atoms with Crippen molar-refractivity contribution in [3.8, 4) is 0 Å². The van der Waals surface area contributed by atoms with Gasteiger partial charge in [-0.1, -0.05) is 0 Å². The van der Waals surface area contributed by atoms with Crippen LogP contribution in [0.1, 0.15) is 11.1 Å². The Bertz CT molecular complexity index is 601. The van der Waals surface area contributed by atoms with E-state index in [1.165, 1.54) is 12.4 Å². The number of H-pyrrole nitrogens is 2. The molecule has 2 aromatic heterocycles. The van der Waals surface area contributed by atoms with Crippen molar-refractivity contribution in [3.05, 3.63) is 44.2 Å². The number of nitrogens with zero attached hydrogens (tertiary/aromatic N) is 2. The Morgan fingerprint density at radius 3 is 1.71 bits per heavy atom. The molecule has 0 aliphatic rings. The molecular weight excluding hydrogens is 222 g/mol. The third kappa shape index (κ3) is 2.39. The third-order valence-corrected chi connectivity index (χ3v) is 2.19. The van der Waals surface area contributed by atoms with Crippen molar-refractivity contribution in [1.29, 1.82) is 0 Å². The van der Waals surface area contributed by atoms with Crippen molar-refractivity contribution in [2.75, 3.05) is 5.32 Å². The molecule has 0 aliphatic carbocycles. The minimum absolute atomic E-state index is 0.229. The van der Waals surface area contributed by atoms with E-state index >= 15 is 0 Å². The highest BCUT2D eigenvalue weighted by molar-refractivity contribution is 5.41. The molecular formula is C10H11N5O2. The smallest absolute Gasteiger partial charge is 0.255 e. The van der Waals surface area contributed by atoms with E-state index in [0.29, 0.717) is 11.1 Å². The van der Waals surface area contributed by atoms with Gasteiger partial charge in [0, 0.05) is 23.5 Å². The number of aromatic amines is 2. The van der Waals surface area contributed by atoms with Crippen LogP contribution in [-0.2, 0) is 0 Å². The van der Waals surface area contributed by atoms with Crippen LogP contribution in [0.3, 0.4) is 0 Å². The van der Waals surface area contributed by atoms with Crippen LogP contribution >= 0.6 is 0 Å². The molecule has 0 unspecified atom stereocenters. The van der Waals surface area contributed by atoms with Gasteiger partial charge in [-0.2, -0.15) is 0 Å². The number of aryl methyl sites for hydroxylation is 2. The van der Waals surface area contributed by atoms with Gasteiger partial charge in [-0.25, -0.2) is 9.97 Å². The first-order chi connectivity index (χ1) is 8.06. The second-order valence-corrected chi connectivity index (χ2v) is 3.61. The third-order valence-electron chi connectivity index (χ3n) is 2.19. The number of aromatic nitrogens is 4. The molecule has 2 rings (SSSR count). The van der Waals surface area contributed by atoms with Crippen LogP contribution in [-0.4, -0.2) is 19.9 Å². The van der Waals surface area contributed by atoms with Crippen molar-refractivity contribution >= 4 is 11.9 Å². The monoisotopic (exact) mass is 233 g/mol. The predicted molar refractivity (Wildman–Crippen MR) is 62.5 cm³/mol. The molecule has 0 aliphatic heterocycles. The highest BCUT2D eigenvalue weighted by Crippen LogP contribution is 2.02. The van der Waals surface area contributed by atoms with Gasteiger partial charge in [-0.3, -0.25) is 24.9 Å². The first kappa shape index (κ1) is 11.1. The van der Waals surface area contributed by atoms with Gasteiger partial charge in [0.1, 0.15) is 0 Å². The van der Waals surface area contributed by atoms with E-state index in [9.17, 15) is 9.59 Å². The molecule has 7 nitrogen and oxygen atoms in total. The summed E-state index contributed by atoms with van der Waals surface area (Å²) in [6.45, 7) is 3.31. The van der Waals surface area contributed by atoms with E-state index in [1.807, 2.05) is 0 Å². The molecule has 0 radical (unpaired) electrons. The Morgan fingerprint density at radius 1 is 0.941 bits per heavy atom. The Balaban J connectivity index is 2.31. The van der Waals surface area contributed by atoms with Crippen molar-refractivity contribution in [2.24, 2.45) is 0 Å². The summed E-state index contributed by atoms with van der Waals surface area (Å²) in [5.41, 5.74) is 0.552. The summed E-state index contributed by atoms with van der Waals surface area (Å²) >= 11 is 0. The fourth-order valence-corrected chi connectivity index (χ4v) is 1.16. The van der Waals surface area contributed by atoms with Gasteiger partial charge in [0.15, 0.2) is 0 Å². The Kier molecular flexibility index (Phi) is 2.73. The summed E-state index contributed by atoms with van der Waals surface area (Å²) in [6.07, 6.45) is 2.88. The highest BCUT2D eigenvalue weighted by atomic mass is 16.1. The SMILES string of the molecule is Cc1cnc(Nc2ncc(C)c(=O)[nH]2)[nH]c1=O. The molecule has 0 saturated heterocycles. The quantitative estimate of drug-likeness (QED) is 0.688. The van der Waals surface area contributed by atoms with Gasteiger partial charge in [0.25, 0.3) is 11.1 Å². The minimum Gasteiger partial charge on any atom is -0.296 e. The summed E-state index contributed by atoms with van der Waals surface area (Å²) in [4.78, 5) is 35.6. The summed E-state index contributed by atoms with van der Waals surface area (Å²) in [5.74, 6) is 0.459. The van der Waals surface area contributed by atoms with Crippen molar-refractivity contribution in [2.45, 2.75) is 13.8 Å². The average Bonchev–Trinajstić information content (AvgIpc) is 2.29. The van der Waals surface area contributed by atoms with Crippen LogP contribution in [0, 0.1) is 13.8 Å². The summed E-state index contributed by atoms with van der Waals surface area (Å²) in [6, 6.07) is 0. The van der Waals surface area contributed by atoms with Crippen LogP contribution in [0.25, 0.3) is 0 Å². The molecule has 17 heavy (non-hydrogen) atoms. The lowest BCUT2D eigenvalue weighted by molar-refractivity contribution is 1.03. The lowest BCUT2D eigenvalue weighted by Gasteiger charge is -2.03. The lowest BCUT2D eigenvalue weighted by Crippen LogP contribution is -2.16. The molecule has 3 N–H and O–H groups in total. The van der Waals surface area contributed by atoms with Gasteiger partial charge in [0.05, 0.1) is 0 Å². The number of anilines is 2. The highest BCUT2D eigenvalue weighted by Gasteiger charge is 2.01. The van der Waals surface area contributed by atoms with Gasteiger partial charge < -0.3 is 0 Å². The fraction of sp³-hybridized carbons (Fsp3) is 0.200. The predicted octanol–water partition coefficient (Wildman–Crippen LogP) is 0.214. The maximum absolute atomic E-state index is 11.3. The lowest BCUT2D eigenvalue weighted by atomic mass is 10.4. The Hall–Kier alpha value is -2.44. The minimum atomic E-state index is -0.239. The average molecular weight is 233 g/mol. The fourth-order valence-electron chi connectivity index (χ4n) is 1.16. The maximum Gasteiger partial charge on any atom is 0.255 e. The Labute approximate surface area is 96.0 Å². The van der Waals surface area contributed by atoms with Crippen molar-refractivity contribution in [1.82, 2.24) is 19.9 Å². The number of hydrogen-bond acceptors (Lipinski definition) is 5.